The van der Waals surface area contributed by atoms with E-state index in [0.29, 0.717) is 12.0 Å². The summed E-state index contributed by atoms with van der Waals surface area (Å²) in [6.45, 7) is 12.3. The molecule has 1 aliphatic heterocycles. The van der Waals surface area contributed by atoms with Gasteiger partial charge in [0.05, 0.1) is 5.69 Å². The van der Waals surface area contributed by atoms with E-state index in [0.717, 1.165) is 29.8 Å². The lowest BCUT2D eigenvalue weighted by atomic mass is 9.90. The second-order valence-electron chi connectivity index (χ2n) is 6.59. The fourth-order valence-electron chi connectivity index (χ4n) is 2.91. The van der Waals surface area contributed by atoms with Gasteiger partial charge in [-0.1, -0.05) is 20.3 Å². The van der Waals surface area contributed by atoms with Gasteiger partial charge < -0.3 is 5.32 Å². The van der Waals surface area contributed by atoms with E-state index in [9.17, 15) is 0 Å². The molecule has 1 aromatic rings. The minimum absolute atomic E-state index is 0.180. The molecule has 0 bridgehead atoms. The Balaban J connectivity index is 2.12. The quantitative estimate of drug-likeness (QED) is 0.910. The number of hydrogen-bond donors (Lipinski definition) is 1. The van der Waals surface area contributed by atoms with Crippen LogP contribution in [0.15, 0.2) is 22.8 Å². The molecule has 2 atom stereocenters. The van der Waals surface area contributed by atoms with Gasteiger partial charge in [-0.15, -0.1) is 0 Å². The average Bonchev–Trinajstić information content (AvgIpc) is 2.40. The molecule has 0 aromatic carbocycles. The Bertz CT molecular complexity index is 430. The van der Waals surface area contributed by atoms with Gasteiger partial charge in [0.25, 0.3) is 0 Å². The summed E-state index contributed by atoms with van der Waals surface area (Å²) in [5.41, 5.74) is 1.33. The Labute approximate surface area is 131 Å². The van der Waals surface area contributed by atoms with Crippen LogP contribution in [0.25, 0.3) is 0 Å². The molecule has 0 radical (unpaired) electrons. The Morgan fingerprint density at radius 3 is 2.85 bits per heavy atom. The molecule has 2 heterocycles. The Kier molecular flexibility index (Phi) is 5.21. The third-order valence-corrected chi connectivity index (χ3v) is 4.78. The number of nitrogens with zero attached hydrogens (tertiary/aromatic N) is 2. The van der Waals surface area contributed by atoms with E-state index in [2.05, 4.69) is 71.0 Å². The van der Waals surface area contributed by atoms with E-state index in [1.807, 2.05) is 6.20 Å². The predicted molar refractivity (Wildman–Crippen MR) is 87.7 cm³/mol. The Morgan fingerprint density at radius 1 is 1.50 bits per heavy atom. The van der Waals surface area contributed by atoms with Gasteiger partial charge in [-0.25, -0.2) is 0 Å². The minimum Gasteiger partial charge on any atom is -0.309 e. The summed E-state index contributed by atoms with van der Waals surface area (Å²) in [6.07, 6.45) is 3.11. The number of hydrogen-bond acceptors (Lipinski definition) is 3. The molecule has 4 heteroatoms. The van der Waals surface area contributed by atoms with Crippen LogP contribution >= 0.6 is 15.9 Å². The summed E-state index contributed by atoms with van der Waals surface area (Å²) in [5.74, 6) is 0.703. The average molecular weight is 340 g/mol. The second-order valence-corrected chi connectivity index (χ2v) is 7.51. The van der Waals surface area contributed by atoms with Gasteiger partial charge in [-0.05, 0) is 47.8 Å². The fourth-order valence-corrected chi connectivity index (χ4v) is 3.14. The summed E-state index contributed by atoms with van der Waals surface area (Å²) in [5, 5.41) is 3.68. The van der Waals surface area contributed by atoms with Crippen LogP contribution in [0.5, 0.6) is 0 Å². The van der Waals surface area contributed by atoms with Crippen molar-refractivity contribution in [3.05, 3.63) is 28.5 Å². The van der Waals surface area contributed by atoms with E-state index in [1.165, 1.54) is 6.42 Å². The number of piperazine rings is 1. The van der Waals surface area contributed by atoms with Gasteiger partial charge in [-0.3, -0.25) is 9.88 Å². The zero-order chi connectivity index (χ0) is 14.8. The second kappa shape index (κ2) is 6.54. The molecule has 2 unspecified atom stereocenters. The SMILES string of the molecule is CCC(C)C1CNC(C)(C)CN1Cc1ccc(Br)cn1. The number of aromatic nitrogens is 1. The molecule has 1 N–H and O–H groups in total. The molecule has 0 aliphatic carbocycles. The molecular formula is C16H26BrN3. The van der Waals surface area contributed by atoms with Gasteiger partial charge in [0.15, 0.2) is 0 Å². The molecule has 112 valence electrons. The number of halogens is 1. The first kappa shape index (κ1) is 15.9. The van der Waals surface area contributed by atoms with Crippen molar-refractivity contribution in [3.8, 4) is 0 Å². The van der Waals surface area contributed by atoms with Crippen LogP contribution in [0.3, 0.4) is 0 Å². The normalized spacial score (nSPS) is 24.6. The maximum atomic E-state index is 4.53. The zero-order valence-electron chi connectivity index (χ0n) is 13.0. The number of pyridine rings is 1. The van der Waals surface area contributed by atoms with Crippen molar-refractivity contribution in [2.75, 3.05) is 13.1 Å². The lowest BCUT2D eigenvalue weighted by Gasteiger charge is -2.46. The summed E-state index contributed by atoms with van der Waals surface area (Å²) in [4.78, 5) is 7.13. The minimum atomic E-state index is 0.180. The van der Waals surface area contributed by atoms with Crippen molar-refractivity contribution in [2.24, 2.45) is 5.92 Å². The molecule has 1 aromatic heterocycles. The van der Waals surface area contributed by atoms with Crippen molar-refractivity contribution in [3.63, 3.8) is 0 Å². The highest BCUT2D eigenvalue weighted by atomic mass is 79.9. The highest BCUT2D eigenvalue weighted by Crippen LogP contribution is 2.24. The molecular weight excluding hydrogens is 314 g/mol. The molecule has 0 spiro atoms. The van der Waals surface area contributed by atoms with Gasteiger partial charge >= 0.3 is 0 Å². The smallest absolute Gasteiger partial charge is 0.0544 e. The van der Waals surface area contributed by atoms with E-state index >= 15 is 0 Å². The monoisotopic (exact) mass is 339 g/mol. The molecule has 3 nitrogen and oxygen atoms in total. The predicted octanol–water partition coefficient (Wildman–Crippen LogP) is 3.44. The molecule has 1 saturated heterocycles. The highest BCUT2D eigenvalue weighted by molar-refractivity contribution is 9.10. The zero-order valence-corrected chi connectivity index (χ0v) is 14.6. The molecule has 0 saturated carbocycles. The van der Waals surface area contributed by atoms with Crippen molar-refractivity contribution in [1.82, 2.24) is 15.2 Å². The molecule has 1 fully saturated rings. The largest absolute Gasteiger partial charge is 0.309 e. The topological polar surface area (TPSA) is 28.2 Å². The fraction of sp³-hybridized carbons (Fsp3) is 0.688. The van der Waals surface area contributed by atoms with Crippen LogP contribution in [-0.2, 0) is 6.54 Å². The third-order valence-electron chi connectivity index (χ3n) is 4.31. The summed E-state index contributed by atoms with van der Waals surface area (Å²) in [6, 6.07) is 4.79. The third kappa shape index (κ3) is 4.03. The lowest BCUT2D eigenvalue weighted by molar-refractivity contribution is 0.0561. The van der Waals surface area contributed by atoms with Crippen molar-refractivity contribution in [2.45, 2.75) is 52.2 Å². The molecule has 2 rings (SSSR count). The van der Waals surface area contributed by atoms with Gasteiger partial charge in [-0.2, -0.15) is 0 Å². The highest BCUT2D eigenvalue weighted by Gasteiger charge is 2.34. The Hall–Kier alpha value is -0.450. The van der Waals surface area contributed by atoms with Crippen molar-refractivity contribution >= 4 is 15.9 Å². The summed E-state index contributed by atoms with van der Waals surface area (Å²) in [7, 11) is 0. The van der Waals surface area contributed by atoms with Crippen LogP contribution in [0.2, 0.25) is 0 Å². The Morgan fingerprint density at radius 2 is 2.25 bits per heavy atom. The summed E-state index contributed by atoms with van der Waals surface area (Å²) < 4.78 is 1.04. The van der Waals surface area contributed by atoms with Crippen molar-refractivity contribution in [1.29, 1.82) is 0 Å². The number of rotatable bonds is 4. The van der Waals surface area contributed by atoms with Crippen molar-refractivity contribution < 1.29 is 0 Å². The van der Waals surface area contributed by atoms with Crippen LogP contribution in [0.1, 0.15) is 39.8 Å². The first-order valence-electron chi connectivity index (χ1n) is 7.51. The molecule has 0 amide bonds. The van der Waals surface area contributed by atoms with E-state index < -0.39 is 0 Å². The molecule has 1 aliphatic rings. The van der Waals surface area contributed by atoms with Crippen LogP contribution in [0.4, 0.5) is 0 Å². The maximum Gasteiger partial charge on any atom is 0.0544 e. The van der Waals surface area contributed by atoms with Crippen LogP contribution in [-0.4, -0.2) is 34.6 Å². The van der Waals surface area contributed by atoms with Gasteiger partial charge in [0, 0.05) is 41.9 Å². The van der Waals surface area contributed by atoms with E-state index in [1.54, 1.807) is 0 Å². The first-order valence-corrected chi connectivity index (χ1v) is 8.30. The molecule has 20 heavy (non-hydrogen) atoms. The maximum absolute atomic E-state index is 4.53. The standard InChI is InChI=1S/C16H26BrN3/c1-5-12(2)15-9-19-16(3,4)11-20(15)10-14-7-6-13(17)8-18-14/h6-8,12,15,19H,5,9-11H2,1-4H3. The first-order chi connectivity index (χ1) is 9.41. The van der Waals surface area contributed by atoms with Gasteiger partial charge in [0.2, 0.25) is 0 Å². The van der Waals surface area contributed by atoms with Crippen LogP contribution < -0.4 is 5.32 Å². The lowest BCUT2D eigenvalue weighted by Crippen LogP contribution is -2.62. The van der Waals surface area contributed by atoms with Gasteiger partial charge in [0.1, 0.15) is 0 Å². The van der Waals surface area contributed by atoms with Crippen LogP contribution in [0, 0.1) is 5.92 Å². The summed E-state index contributed by atoms with van der Waals surface area (Å²) >= 11 is 3.45. The number of nitrogens with one attached hydrogen (secondary N) is 1. The van der Waals surface area contributed by atoms with E-state index in [4.69, 9.17) is 0 Å². The van der Waals surface area contributed by atoms with E-state index in [-0.39, 0.29) is 5.54 Å².